The highest BCUT2D eigenvalue weighted by Gasteiger charge is 2.26. The minimum Gasteiger partial charge on any atom is -0.341 e. The second-order valence-electron chi connectivity index (χ2n) is 6.59. The van der Waals surface area contributed by atoms with E-state index in [9.17, 15) is 4.79 Å². The summed E-state index contributed by atoms with van der Waals surface area (Å²) in [6.07, 6.45) is 4.95. The molecule has 1 aliphatic carbocycles. The van der Waals surface area contributed by atoms with Crippen LogP contribution in [0.3, 0.4) is 0 Å². The first kappa shape index (κ1) is 20.3. The van der Waals surface area contributed by atoms with Gasteiger partial charge in [0.05, 0.1) is 5.69 Å². The van der Waals surface area contributed by atoms with Gasteiger partial charge in [-0.15, -0.1) is 24.8 Å². The number of carbonyl (C=O) groups excluding carboxylic acids is 1. The quantitative estimate of drug-likeness (QED) is 0.874. The van der Waals surface area contributed by atoms with E-state index < -0.39 is 0 Å². The maximum absolute atomic E-state index is 12.4. The Labute approximate surface area is 151 Å². The molecule has 132 valence electrons. The first-order valence-corrected chi connectivity index (χ1v) is 8.14. The lowest BCUT2D eigenvalue weighted by molar-refractivity contribution is -0.133. The number of piperidine rings is 1. The number of nitrogens with zero attached hydrogens (tertiary/aromatic N) is 3. The molecule has 0 spiro atoms. The van der Waals surface area contributed by atoms with E-state index in [1.54, 1.807) is 0 Å². The van der Waals surface area contributed by atoms with Gasteiger partial charge >= 0.3 is 0 Å². The highest BCUT2D eigenvalue weighted by atomic mass is 35.5. The van der Waals surface area contributed by atoms with Gasteiger partial charge in [0.2, 0.25) is 5.91 Å². The summed E-state index contributed by atoms with van der Waals surface area (Å²) in [6, 6.07) is 2.62. The van der Waals surface area contributed by atoms with Crippen LogP contribution in [-0.2, 0) is 11.3 Å². The number of amides is 1. The average Bonchev–Trinajstić information content (AvgIpc) is 3.23. The van der Waals surface area contributed by atoms with Gasteiger partial charge in [-0.25, -0.2) is 0 Å². The molecule has 7 heteroatoms. The fourth-order valence-electron chi connectivity index (χ4n) is 3.05. The summed E-state index contributed by atoms with van der Waals surface area (Å²) in [5.41, 5.74) is 2.03. The number of carbonyl (C=O) groups is 1. The third-order valence-electron chi connectivity index (χ3n) is 4.63. The van der Waals surface area contributed by atoms with Crippen LogP contribution in [0.15, 0.2) is 6.07 Å². The third kappa shape index (κ3) is 5.66. The molecule has 0 aromatic carbocycles. The smallest absolute Gasteiger partial charge is 0.244 e. The Morgan fingerprint density at radius 1 is 1.22 bits per heavy atom. The molecule has 1 aromatic heterocycles. The summed E-state index contributed by atoms with van der Waals surface area (Å²) in [4.78, 5) is 14.3. The molecule has 3 rings (SSSR count). The second-order valence-corrected chi connectivity index (χ2v) is 6.59. The van der Waals surface area contributed by atoms with E-state index in [-0.39, 0.29) is 30.7 Å². The van der Waals surface area contributed by atoms with Crippen LogP contribution < -0.4 is 5.32 Å². The molecular formula is C16H28Cl2N4O. The van der Waals surface area contributed by atoms with Crippen molar-refractivity contribution >= 4 is 30.7 Å². The number of aryl methyl sites for hydroxylation is 2. The molecule has 2 heterocycles. The van der Waals surface area contributed by atoms with Gasteiger partial charge in [-0.3, -0.25) is 9.48 Å². The topological polar surface area (TPSA) is 50.2 Å². The number of halogens is 2. The molecule has 0 atom stereocenters. The maximum Gasteiger partial charge on any atom is 0.244 e. The van der Waals surface area contributed by atoms with E-state index in [2.05, 4.69) is 10.4 Å². The van der Waals surface area contributed by atoms with Gasteiger partial charge < -0.3 is 10.2 Å². The summed E-state index contributed by atoms with van der Waals surface area (Å²) in [6.45, 7) is 7.26. The molecular weight excluding hydrogens is 335 g/mol. The Balaban J connectivity index is 0.00000132. The Hall–Kier alpha value is -0.780. The van der Waals surface area contributed by atoms with Crippen molar-refractivity contribution in [3.05, 3.63) is 17.5 Å². The minimum absolute atomic E-state index is 0. The van der Waals surface area contributed by atoms with E-state index in [0.717, 1.165) is 43.2 Å². The molecule has 0 unspecified atom stereocenters. The van der Waals surface area contributed by atoms with E-state index >= 15 is 0 Å². The first-order valence-electron chi connectivity index (χ1n) is 8.14. The van der Waals surface area contributed by atoms with E-state index in [0.29, 0.717) is 12.6 Å². The van der Waals surface area contributed by atoms with Gasteiger partial charge in [-0.1, -0.05) is 0 Å². The number of rotatable bonds is 5. The molecule has 1 saturated carbocycles. The Bertz CT molecular complexity index is 508. The van der Waals surface area contributed by atoms with E-state index in [1.807, 2.05) is 29.5 Å². The molecule has 23 heavy (non-hydrogen) atoms. The molecule has 0 bridgehead atoms. The molecule has 1 N–H and O–H groups in total. The van der Waals surface area contributed by atoms with Gasteiger partial charge in [-0.2, -0.15) is 5.10 Å². The van der Waals surface area contributed by atoms with Crippen LogP contribution in [0, 0.1) is 19.8 Å². The summed E-state index contributed by atoms with van der Waals surface area (Å²) in [7, 11) is 0. The van der Waals surface area contributed by atoms with Crippen molar-refractivity contribution in [2.24, 2.45) is 5.92 Å². The van der Waals surface area contributed by atoms with Crippen molar-refractivity contribution in [1.29, 1.82) is 0 Å². The zero-order valence-corrected chi connectivity index (χ0v) is 15.6. The molecule has 1 aromatic rings. The standard InChI is InChI=1S/C16H26N4O.2ClH/c1-12-9-13(2)20(18-12)11-16(21)19-7-5-15(6-8-19)17-10-14-3-4-14;;/h9,14-15,17H,3-8,10-11H2,1-2H3;2*1H. The van der Waals surface area contributed by atoms with E-state index in [1.165, 1.54) is 19.4 Å². The van der Waals surface area contributed by atoms with Crippen LogP contribution >= 0.6 is 24.8 Å². The average molecular weight is 363 g/mol. The largest absolute Gasteiger partial charge is 0.341 e. The fraction of sp³-hybridized carbons (Fsp3) is 0.750. The number of hydrogen-bond donors (Lipinski definition) is 1. The SMILES string of the molecule is Cc1cc(C)n(CC(=O)N2CCC(NCC3CC3)CC2)n1.Cl.Cl. The summed E-state index contributed by atoms with van der Waals surface area (Å²) >= 11 is 0. The molecule has 5 nitrogen and oxygen atoms in total. The van der Waals surface area contributed by atoms with Gasteiger partial charge in [0.25, 0.3) is 0 Å². The molecule has 1 aliphatic heterocycles. The van der Waals surface area contributed by atoms with Gasteiger partial charge in [-0.05, 0) is 58.1 Å². The number of likely N-dealkylation sites (tertiary alicyclic amines) is 1. The van der Waals surface area contributed by atoms with Crippen LogP contribution in [0.25, 0.3) is 0 Å². The fourth-order valence-corrected chi connectivity index (χ4v) is 3.05. The number of hydrogen-bond acceptors (Lipinski definition) is 3. The van der Waals surface area contributed by atoms with Crippen molar-refractivity contribution in [3.63, 3.8) is 0 Å². The van der Waals surface area contributed by atoms with Crippen molar-refractivity contribution < 1.29 is 4.79 Å². The van der Waals surface area contributed by atoms with Crippen LogP contribution in [0.2, 0.25) is 0 Å². The van der Waals surface area contributed by atoms with Gasteiger partial charge in [0.1, 0.15) is 6.54 Å². The third-order valence-corrected chi connectivity index (χ3v) is 4.63. The van der Waals surface area contributed by atoms with Crippen LogP contribution in [-0.4, -0.2) is 46.3 Å². The summed E-state index contributed by atoms with van der Waals surface area (Å²) in [5, 5.41) is 8.02. The van der Waals surface area contributed by atoms with E-state index in [4.69, 9.17) is 0 Å². The lowest BCUT2D eigenvalue weighted by atomic mass is 10.0. The summed E-state index contributed by atoms with van der Waals surface area (Å²) < 4.78 is 1.81. The lowest BCUT2D eigenvalue weighted by Crippen LogP contribution is -2.46. The molecule has 2 aliphatic rings. The Morgan fingerprint density at radius 2 is 1.87 bits per heavy atom. The zero-order valence-electron chi connectivity index (χ0n) is 14.0. The van der Waals surface area contributed by atoms with Crippen LogP contribution in [0.5, 0.6) is 0 Å². The molecule has 1 saturated heterocycles. The maximum atomic E-state index is 12.4. The van der Waals surface area contributed by atoms with Crippen molar-refractivity contribution in [1.82, 2.24) is 20.0 Å². The van der Waals surface area contributed by atoms with Gasteiger partial charge in [0.15, 0.2) is 0 Å². The molecule has 2 fully saturated rings. The molecule has 0 radical (unpaired) electrons. The predicted octanol–water partition coefficient (Wildman–Crippen LogP) is 2.33. The van der Waals surface area contributed by atoms with Crippen LogP contribution in [0.1, 0.15) is 37.1 Å². The minimum atomic E-state index is 0. The first-order chi connectivity index (χ1) is 10.1. The normalized spacial score (nSPS) is 18.3. The summed E-state index contributed by atoms with van der Waals surface area (Å²) in [5.74, 6) is 1.12. The number of aromatic nitrogens is 2. The monoisotopic (exact) mass is 362 g/mol. The van der Waals surface area contributed by atoms with Crippen molar-refractivity contribution in [2.45, 2.75) is 52.1 Å². The molecule has 1 amide bonds. The Kier molecular flexibility index (Phi) is 7.84. The Morgan fingerprint density at radius 3 is 2.39 bits per heavy atom. The number of nitrogens with one attached hydrogen (secondary N) is 1. The van der Waals surface area contributed by atoms with Crippen LogP contribution in [0.4, 0.5) is 0 Å². The lowest BCUT2D eigenvalue weighted by Gasteiger charge is -2.32. The van der Waals surface area contributed by atoms with Crippen molar-refractivity contribution in [3.8, 4) is 0 Å². The zero-order chi connectivity index (χ0) is 14.8. The van der Waals surface area contributed by atoms with Gasteiger partial charge in [0, 0.05) is 24.8 Å². The highest BCUT2D eigenvalue weighted by Crippen LogP contribution is 2.28. The second kappa shape index (κ2) is 8.90. The predicted molar refractivity (Wildman–Crippen MR) is 96.5 cm³/mol. The van der Waals surface area contributed by atoms with Crippen molar-refractivity contribution in [2.75, 3.05) is 19.6 Å². The highest BCUT2D eigenvalue weighted by molar-refractivity contribution is 5.85.